The van der Waals surface area contributed by atoms with Crippen molar-refractivity contribution in [3.63, 3.8) is 0 Å². The van der Waals surface area contributed by atoms with E-state index in [0.29, 0.717) is 13.0 Å². The predicted octanol–water partition coefficient (Wildman–Crippen LogP) is 1.13. The molecule has 0 aliphatic heterocycles. The number of hydrogen-bond acceptors (Lipinski definition) is 4. The van der Waals surface area contributed by atoms with Crippen LogP contribution in [0.2, 0.25) is 0 Å². The van der Waals surface area contributed by atoms with Gasteiger partial charge in [-0.15, -0.1) is 0 Å². The van der Waals surface area contributed by atoms with Crippen molar-refractivity contribution in [3.05, 3.63) is 24.0 Å². The molecular weight excluding hydrogens is 194 g/mol. The minimum Gasteiger partial charge on any atom is -0.477 e. The van der Waals surface area contributed by atoms with Gasteiger partial charge in [-0.05, 0) is 12.1 Å². The Labute approximate surface area is 87.6 Å². The molecule has 15 heavy (non-hydrogen) atoms. The van der Waals surface area contributed by atoms with E-state index in [1.165, 1.54) is 12.3 Å². The number of anilines is 1. The lowest BCUT2D eigenvalue weighted by atomic mass is 10.3. The molecule has 1 aromatic rings. The molecule has 78 valence electrons. The number of aromatic nitrogens is 1. The van der Waals surface area contributed by atoms with Gasteiger partial charge in [0.05, 0.1) is 24.4 Å². The van der Waals surface area contributed by atoms with Gasteiger partial charge in [-0.1, -0.05) is 0 Å². The first-order valence-corrected chi connectivity index (χ1v) is 4.42. The zero-order valence-electron chi connectivity index (χ0n) is 8.34. The summed E-state index contributed by atoms with van der Waals surface area (Å²) < 4.78 is 0. The van der Waals surface area contributed by atoms with Crippen LogP contribution >= 0.6 is 0 Å². The van der Waals surface area contributed by atoms with Crippen LogP contribution < -0.4 is 4.90 Å². The van der Waals surface area contributed by atoms with E-state index in [0.717, 1.165) is 5.69 Å². The van der Waals surface area contributed by atoms with Gasteiger partial charge in [0.25, 0.3) is 0 Å². The first-order chi connectivity index (χ1) is 7.15. The summed E-state index contributed by atoms with van der Waals surface area (Å²) in [7, 11) is 1.83. The van der Waals surface area contributed by atoms with Crippen molar-refractivity contribution in [1.29, 1.82) is 5.26 Å². The number of carbonyl (C=O) groups is 1. The van der Waals surface area contributed by atoms with Crippen molar-refractivity contribution in [2.45, 2.75) is 6.42 Å². The van der Waals surface area contributed by atoms with Crippen LogP contribution in [-0.2, 0) is 0 Å². The second kappa shape index (κ2) is 4.96. The molecule has 0 saturated carbocycles. The fourth-order valence-corrected chi connectivity index (χ4v) is 1.09. The van der Waals surface area contributed by atoms with Crippen LogP contribution in [0.25, 0.3) is 0 Å². The Hall–Kier alpha value is -2.09. The zero-order valence-corrected chi connectivity index (χ0v) is 8.34. The molecule has 0 aliphatic rings. The molecule has 0 bridgehead atoms. The Morgan fingerprint density at radius 2 is 2.40 bits per heavy atom. The van der Waals surface area contributed by atoms with Gasteiger partial charge in [-0.3, -0.25) is 0 Å². The van der Waals surface area contributed by atoms with Crippen molar-refractivity contribution in [2.75, 3.05) is 18.5 Å². The smallest absolute Gasteiger partial charge is 0.354 e. The van der Waals surface area contributed by atoms with E-state index in [-0.39, 0.29) is 5.69 Å². The Balaban J connectivity index is 2.71. The monoisotopic (exact) mass is 205 g/mol. The number of rotatable bonds is 4. The fraction of sp³-hybridized carbons (Fsp3) is 0.300. The van der Waals surface area contributed by atoms with Crippen molar-refractivity contribution in [2.24, 2.45) is 0 Å². The van der Waals surface area contributed by atoms with Crippen molar-refractivity contribution in [3.8, 4) is 6.07 Å². The maximum atomic E-state index is 10.5. The standard InChI is InChI=1S/C10H11N3O2/c1-13(6-2-5-11)8-3-4-9(10(14)15)12-7-8/h3-4,7H,2,6H2,1H3,(H,14,15). The zero-order chi connectivity index (χ0) is 11.3. The van der Waals surface area contributed by atoms with Gasteiger partial charge in [0.15, 0.2) is 0 Å². The number of nitrogens with zero attached hydrogens (tertiary/aromatic N) is 3. The second-order valence-electron chi connectivity index (χ2n) is 3.04. The highest BCUT2D eigenvalue weighted by Crippen LogP contribution is 2.11. The Bertz CT molecular complexity index is 381. The summed E-state index contributed by atoms with van der Waals surface area (Å²) in [5.74, 6) is -1.04. The van der Waals surface area contributed by atoms with Gasteiger partial charge < -0.3 is 10.0 Å². The molecule has 0 aliphatic carbocycles. The lowest BCUT2D eigenvalue weighted by Gasteiger charge is -2.16. The molecule has 0 atom stereocenters. The van der Waals surface area contributed by atoms with Crippen LogP contribution in [0.1, 0.15) is 16.9 Å². The molecular formula is C10H11N3O2. The summed E-state index contributed by atoms with van der Waals surface area (Å²) in [6.07, 6.45) is 1.91. The molecule has 1 heterocycles. The average molecular weight is 205 g/mol. The van der Waals surface area contributed by atoms with Crippen LogP contribution in [0.15, 0.2) is 18.3 Å². The summed E-state index contributed by atoms with van der Waals surface area (Å²) in [5, 5.41) is 17.0. The quantitative estimate of drug-likeness (QED) is 0.797. The highest BCUT2D eigenvalue weighted by Gasteiger charge is 2.05. The minimum absolute atomic E-state index is 0.0208. The van der Waals surface area contributed by atoms with E-state index in [2.05, 4.69) is 4.98 Å². The second-order valence-corrected chi connectivity index (χ2v) is 3.04. The first kappa shape index (κ1) is 11.0. The molecule has 5 heteroatoms. The summed E-state index contributed by atoms with van der Waals surface area (Å²) in [6, 6.07) is 5.16. The Morgan fingerprint density at radius 1 is 1.67 bits per heavy atom. The third-order valence-corrected chi connectivity index (χ3v) is 1.97. The molecule has 0 fully saturated rings. The van der Waals surface area contributed by atoms with Gasteiger partial charge in [0.2, 0.25) is 0 Å². The predicted molar refractivity (Wildman–Crippen MR) is 54.7 cm³/mol. The molecule has 0 unspecified atom stereocenters. The number of carboxylic acids is 1. The third kappa shape index (κ3) is 2.95. The van der Waals surface area contributed by atoms with Gasteiger partial charge in [-0.25, -0.2) is 9.78 Å². The average Bonchev–Trinajstić information content (AvgIpc) is 2.26. The SMILES string of the molecule is CN(CCC#N)c1ccc(C(=O)O)nc1. The van der Waals surface area contributed by atoms with E-state index < -0.39 is 5.97 Å². The van der Waals surface area contributed by atoms with Crippen LogP contribution in [-0.4, -0.2) is 29.7 Å². The molecule has 1 N–H and O–H groups in total. The highest BCUT2D eigenvalue weighted by molar-refractivity contribution is 5.85. The van der Waals surface area contributed by atoms with Crippen LogP contribution in [0.3, 0.4) is 0 Å². The number of aromatic carboxylic acids is 1. The summed E-state index contributed by atoms with van der Waals surface area (Å²) in [6.45, 7) is 0.602. The molecule has 0 saturated heterocycles. The minimum atomic E-state index is -1.04. The van der Waals surface area contributed by atoms with Crippen molar-refractivity contribution >= 4 is 11.7 Å². The van der Waals surface area contributed by atoms with E-state index in [9.17, 15) is 4.79 Å². The number of nitriles is 1. The van der Waals surface area contributed by atoms with Crippen molar-refractivity contribution < 1.29 is 9.90 Å². The van der Waals surface area contributed by atoms with Gasteiger partial charge in [0.1, 0.15) is 5.69 Å². The fourth-order valence-electron chi connectivity index (χ4n) is 1.09. The van der Waals surface area contributed by atoms with Gasteiger partial charge in [0, 0.05) is 13.6 Å². The van der Waals surface area contributed by atoms with Crippen LogP contribution in [0.5, 0.6) is 0 Å². The molecule has 0 radical (unpaired) electrons. The topological polar surface area (TPSA) is 77.2 Å². The van der Waals surface area contributed by atoms with E-state index in [4.69, 9.17) is 10.4 Å². The normalized spacial score (nSPS) is 9.33. The molecule has 0 aromatic carbocycles. The van der Waals surface area contributed by atoms with Gasteiger partial charge in [-0.2, -0.15) is 5.26 Å². The number of carboxylic acid groups (broad SMARTS) is 1. The number of pyridine rings is 1. The van der Waals surface area contributed by atoms with E-state index >= 15 is 0 Å². The maximum absolute atomic E-state index is 10.5. The van der Waals surface area contributed by atoms with Crippen LogP contribution in [0.4, 0.5) is 5.69 Å². The lowest BCUT2D eigenvalue weighted by Crippen LogP contribution is -2.18. The Morgan fingerprint density at radius 3 is 2.87 bits per heavy atom. The summed E-state index contributed by atoms with van der Waals surface area (Å²) in [5.41, 5.74) is 0.822. The molecule has 0 amide bonds. The third-order valence-electron chi connectivity index (χ3n) is 1.97. The highest BCUT2D eigenvalue weighted by atomic mass is 16.4. The molecule has 5 nitrogen and oxygen atoms in total. The number of hydrogen-bond donors (Lipinski definition) is 1. The lowest BCUT2D eigenvalue weighted by molar-refractivity contribution is 0.0690. The first-order valence-electron chi connectivity index (χ1n) is 4.42. The largest absolute Gasteiger partial charge is 0.477 e. The molecule has 0 spiro atoms. The summed E-state index contributed by atoms with van der Waals surface area (Å²) in [4.78, 5) is 16.2. The molecule has 1 rings (SSSR count). The van der Waals surface area contributed by atoms with Crippen LogP contribution in [0, 0.1) is 11.3 Å². The Kier molecular flexibility index (Phi) is 3.63. The summed E-state index contributed by atoms with van der Waals surface area (Å²) >= 11 is 0. The van der Waals surface area contributed by atoms with Gasteiger partial charge >= 0.3 is 5.97 Å². The van der Waals surface area contributed by atoms with E-state index in [1.807, 2.05) is 18.0 Å². The van der Waals surface area contributed by atoms with Crippen molar-refractivity contribution in [1.82, 2.24) is 4.98 Å². The molecule has 1 aromatic heterocycles. The van der Waals surface area contributed by atoms with E-state index in [1.54, 1.807) is 6.07 Å². The maximum Gasteiger partial charge on any atom is 0.354 e.